The summed E-state index contributed by atoms with van der Waals surface area (Å²) < 4.78 is 16.7. The van der Waals surface area contributed by atoms with Crippen LogP contribution < -0.4 is 5.32 Å². The first-order chi connectivity index (χ1) is 13.7. The lowest BCUT2D eigenvalue weighted by Gasteiger charge is -2.06. The molecule has 0 spiro atoms. The maximum absolute atomic E-state index is 13.9. The van der Waals surface area contributed by atoms with Gasteiger partial charge in [-0.25, -0.2) is 4.39 Å². The van der Waals surface area contributed by atoms with Gasteiger partial charge in [-0.2, -0.15) is 9.78 Å². The van der Waals surface area contributed by atoms with E-state index in [1.807, 2.05) is 0 Å². The molecule has 1 N–H and O–H groups in total. The molecule has 12 heteroatoms. The molecule has 0 saturated carbocycles. The van der Waals surface area contributed by atoms with E-state index >= 15 is 0 Å². The van der Waals surface area contributed by atoms with Crippen molar-refractivity contribution in [3.05, 3.63) is 67.7 Å². The Morgan fingerprint density at radius 1 is 1.31 bits per heavy atom. The predicted molar refractivity (Wildman–Crippen MR) is 105 cm³/mol. The quantitative estimate of drug-likeness (QED) is 0.443. The molecule has 0 aliphatic heterocycles. The number of aromatic nitrogens is 4. The molecule has 1 aromatic carbocycles. The van der Waals surface area contributed by atoms with E-state index in [-0.39, 0.29) is 46.8 Å². The number of halogens is 3. The van der Waals surface area contributed by atoms with Gasteiger partial charge in [0, 0.05) is 23.2 Å². The Bertz CT molecular complexity index is 1060. The first-order valence-electron chi connectivity index (χ1n) is 8.39. The van der Waals surface area contributed by atoms with E-state index < -0.39 is 16.6 Å². The van der Waals surface area contributed by atoms with Crippen molar-refractivity contribution in [2.24, 2.45) is 0 Å². The molecule has 0 radical (unpaired) electrons. The van der Waals surface area contributed by atoms with Crippen molar-refractivity contribution in [1.82, 2.24) is 19.6 Å². The minimum absolute atomic E-state index is 0.00199. The van der Waals surface area contributed by atoms with Crippen molar-refractivity contribution in [2.75, 3.05) is 5.32 Å². The summed E-state index contributed by atoms with van der Waals surface area (Å²) in [5.74, 6) is -1.04. The summed E-state index contributed by atoms with van der Waals surface area (Å²) in [7, 11) is 0. The molecule has 2 heterocycles. The lowest BCUT2D eigenvalue weighted by molar-refractivity contribution is -0.389. The first-order valence-corrected chi connectivity index (χ1v) is 9.14. The van der Waals surface area contributed by atoms with Crippen LogP contribution in [0.1, 0.15) is 17.7 Å². The third-order valence-corrected chi connectivity index (χ3v) is 4.69. The molecule has 0 atom stereocenters. The summed E-state index contributed by atoms with van der Waals surface area (Å²) >= 11 is 12.1. The van der Waals surface area contributed by atoms with E-state index in [1.165, 1.54) is 33.8 Å². The molecule has 0 unspecified atom stereocenters. The van der Waals surface area contributed by atoms with Crippen molar-refractivity contribution < 1.29 is 14.1 Å². The number of amides is 1. The Hall–Kier alpha value is -2.98. The minimum Gasteiger partial charge on any atom is -0.358 e. The predicted octanol–water partition coefficient (Wildman–Crippen LogP) is 3.82. The summed E-state index contributed by atoms with van der Waals surface area (Å²) in [5, 5.41) is 21.7. The zero-order valence-electron chi connectivity index (χ0n) is 15.1. The molecule has 3 rings (SSSR count). The largest absolute Gasteiger partial charge is 0.390 e. The topological polar surface area (TPSA) is 108 Å². The average molecular weight is 441 g/mol. The van der Waals surface area contributed by atoms with Crippen molar-refractivity contribution in [3.8, 4) is 0 Å². The number of hydrogen-bond donors (Lipinski definition) is 1. The van der Waals surface area contributed by atoms with Gasteiger partial charge in [0.05, 0.1) is 29.9 Å². The molecule has 0 fully saturated rings. The monoisotopic (exact) mass is 440 g/mol. The van der Waals surface area contributed by atoms with Crippen LogP contribution >= 0.6 is 23.2 Å². The van der Waals surface area contributed by atoms with Gasteiger partial charge in [-0.05, 0) is 24.0 Å². The Morgan fingerprint density at radius 2 is 2.07 bits per heavy atom. The molecule has 2 aromatic heterocycles. The average Bonchev–Trinajstić information content (AvgIpc) is 3.19. The highest BCUT2D eigenvalue weighted by Crippen LogP contribution is 2.24. The number of rotatable bonds is 7. The summed E-state index contributed by atoms with van der Waals surface area (Å²) in [6.45, 7) is 1.84. The molecule has 0 saturated heterocycles. The highest BCUT2D eigenvalue weighted by Gasteiger charge is 2.17. The number of nitrogens with one attached hydrogen (secondary N) is 1. The van der Waals surface area contributed by atoms with Gasteiger partial charge < -0.3 is 15.4 Å². The number of carbonyl (C=O) groups is 1. The second kappa shape index (κ2) is 8.58. The number of nitro groups is 1. The van der Waals surface area contributed by atoms with Crippen LogP contribution in [0.5, 0.6) is 0 Å². The zero-order chi connectivity index (χ0) is 21.1. The van der Waals surface area contributed by atoms with Crippen LogP contribution in [0.3, 0.4) is 0 Å². The Balaban J connectivity index is 1.63. The maximum atomic E-state index is 13.9. The molecule has 152 valence electrons. The van der Waals surface area contributed by atoms with Gasteiger partial charge in [0.2, 0.25) is 5.91 Å². The van der Waals surface area contributed by atoms with Gasteiger partial charge in [-0.3, -0.25) is 9.48 Å². The highest BCUT2D eigenvalue weighted by molar-refractivity contribution is 6.33. The normalized spacial score (nSPS) is 10.9. The van der Waals surface area contributed by atoms with Gasteiger partial charge in [0.1, 0.15) is 10.8 Å². The molecule has 0 aliphatic rings. The number of hydrogen-bond acceptors (Lipinski definition) is 5. The number of benzene rings is 1. The Kier molecular flexibility index (Phi) is 6.14. The SMILES string of the molecule is Cc1cc([N+](=O)[O-])nn1CCC(=O)Nc1nn(Cc2c(F)cccc2Cl)cc1Cl. The van der Waals surface area contributed by atoms with Crippen LogP contribution in [-0.4, -0.2) is 30.4 Å². The minimum atomic E-state index is -0.599. The Labute approximate surface area is 174 Å². The molecule has 29 heavy (non-hydrogen) atoms. The van der Waals surface area contributed by atoms with Crippen molar-refractivity contribution in [1.29, 1.82) is 0 Å². The number of aryl methyl sites for hydroxylation is 2. The molecular formula is C17H15Cl2FN6O3. The van der Waals surface area contributed by atoms with Crippen molar-refractivity contribution >= 4 is 40.7 Å². The van der Waals surface area contributed by atoms with Crippen LogP contribution in [0, 0.1) is 22.9 Å². The Morgan fingerprint density at radius 3 is 2.72 bits per heavy atom. The first kappa shape index (κ1) is 20.7. The zero-order valence-corrected chi connectivity index (χ0v) is 16.6. The van der Waals surface area contributed by atoms with Crippen molar-refractivity contribution in [3.63, 3.8) is 0 Å². The fourth-order valence-electron chi connectivity index (χ4n) is 2.62. The number of anilines is 1. The van der Waals surface area contributed by atoms with E-state index in [2.05, 4.69) is 15.5 Å². The van der Waals surface area contributed by atoms with Gasteiger partial charge in [-0.1, -0.05) is 29.3 Å². The molecule has 1 amide bonds. The lowest BCUT2D eigenvalue weighted by atomic mass is 10.2. The van der Waals surface area contributed by atoms with Gasteiger partial charge in [0.25, 0.3) is 0 Å². The number of nitrogens with zero attached hydrogens (tertiary/aromatic N) is 5. The lowest BCUT2D eigenvalue weighted by Crippen LogP contribution is -2.16. The standard InChI is InChI=1S/C17H15Cl2FN6O3/c1-10-7-15(26(28)29)22-25(10)6-5-16(27)21-17-13(19)9-24(23-17)8-11-12(18)3-2-4-14(11)20/h2-4,7,9H,5-6,8H2,1H3,(H,21,23,27). The van der Waals surface area contributed by atoms with Crippen LogP contribution in [0.25, 0.3) is 0 Å². The molecular weight excluding hydrogens is 426 g/mol. The second-order valence-corrected chi connectivity index (χ2v) is 6.96. The molecule has 9 nitrogen and oxygen atoms in total. The number of carbonyl (C=O) groups excluding carboxylic acids is 1. The van der Waals surface area contributed by atoms with Gasteiger partial charge in [0.15, 0.2) is 5.82 Å². The van der Waals surface area contributed by atoms with Gasteiger partial charge >= 0.3 is 5.82 Å². The summed E-state index contributed by atoms with van der Waals surface area (Å²) in [6, 6.07) is 5.68. The third-order valence-electron chi connectivity index (χ3n) is 4.06. The van der Waals surface area contributed by atoms with Crippen LogP contribution in [0.2, 0.25) is 10.0 Å². The van der Waals surface area contributed by atoms with Crippen LogP contribution in [-0.2, 0) is 17.9 Å². The van der Waals surface area contributed by atoms with E-state index in [0.29, 0.717) is 5.69 Å². The third kappa shape index (κ3) is 4.90. The molecule has 0 aliphatic carbocycles. The van der Waals surface area contributed by atoms with E-state index in [9.17, 15) is 19.3 Å². The maximum Gasteiger partial charge on any atom is 0.390 e. The highest BCUT2D eigenvalue weighted by atomic mass is 35.5. The fraction of sp³-hybridized carbons (Fsp3) is 0.235. The van der Waals surface area contributed by atoms with Crippen LogP contribution in [0.4, 0.5) is 16.0 Å². The molecule has 3 aromatic rings. The summed E-state index contributed by atoms with van der Waals surface area (Å²) in [4.78, 5) is 22.3. The van der Waals surface area contributed by atoms with Gasteiger partial charge in [-0.15, -0.1) is 0 Å². The summed E-state index contributed by atoms with van der Waals surface area (Å²) in [6.07, 6.45) is 1.45. The molecule has 0 bridgehead atoms. The van der Waals surface area contributed by atoms with E-state index in [1.54, 1.807) is 13.0 Å². The summed E-state index contributed by atoms with van der Waals surface area (Å²) in [5.41, 5.74) is 0.815. The second-order valence-electron chi connectivity index (χ2n) is 6.15. The van der Waals surface area contributed by atoms with E-state index in [4.69, 9.17) is 23.2 Å². The van der Waals surface area contributed by atoms with Crippen LogP contribution in [0.15, 0.2) is 30.5 Å². The van der Waals surface area contributed by atoms with Crippen molar-refractivity contribution in [2.45, 2.75) is 26.4 Å². The smallest absolute Gasteiger partial charge is 0.358 e. The fourth-order valence-corrected chi connectivity index (χ4v) is 3.04. The van der Waals surface area contributed by atoms with E-state index in [0.717, 1.165) is 0 Å².